The predicted molar refractivity (Wildman–Crippen MR) is 70.3 cm³/mol. The highest BCUT2D eigenvalue weighted by Gasteiger charge is 2.14. The molecule has 0 aromatic carbocycles. The second-order valence-electron chi connectivity index (χ2n) is 3.79. The van der Waals surface area contributed by atoms with Crippen LogP contribution in [0.25, 0.3) is 20.5 Å². The first kappa shape index (κ1) is 10.8. The van der Waals surface area contributed by atoms with Crippen LogP contribution in [0.1, 0.15) is 10.4 Å². The van der Waals surface area contributed by atoms with Gasteiger partial charge in [-0.15, -0.1) is 11.3 Å². The Hall–Kier alpha value is -2.34. The number of nitrogens with two attached hydrogens (primary N) is 2. The first-order chi connectivity index (χ1) is 8.66. The van der Waals surface area contributed by atoms with E-state index in [2.05, 4.69) is 4.98 Å². The van der Waals surface area contributed by atoms with Gasteiger partial charge >= 0.3 is 0 Å². The highest BCUT2D eigenvalue weighted by atomic mass is 32.1. The van der Waals surface area contributed by atoms with Crippen LogP contribution in [0.3, 0.4) is 0 Å². The number of aromatic nitrogens is 1. The topological polar surface area (TPSA) is 95.1 Å². The molecule has 3 rings (SSSR count). The number of primary amides is 1. The van der Waals surface area contributed by atoms with Crippen LogP contribution >= 0.6 is 11.3 Å². The number of pyridine rings is 1. The summed E-state index contributed by atoms with van der Waals surface area (Å²) < 4.78 is 5.80. The maximum atomic E-state index is 11.4. The summed E-state index contributed by atoms with van der Waals surface area (Å²) in [5, 5.41) is 0.743. The van der Waals surface area contributed by atoms with Crippen molar-refractivity contribution >= 4 is 33.1 Å². The van der Waals surface area contributed by atoms with Crippen molar-refractivity contribution in [2.75, 3.05) is 5.73 Å². The number of amides is 1. The normalized spacial score (nSPS) is 10.9. The molecule has 1 amide bonds. The summed E-state index contributed by atoms with van der Waals surface area (Å²) in [6.07, 6.45) is 4.64. The Morgan fingerprint density at radius 1 is 1.44 bits per heavy atom. The van der Waals surface area contributed by atoms with Crippen molar-refractivity contribution in [3.8, 4) is 10.4 Å². The lowest BCUT2D eigenvalue weighted by Crippen LogP contribution is -2.11. The van der Waals surface area contributed by atoms with E-state index in [1.165, 1.54) is 17.5 Å². The number of carbonyl (C=O) groups excluding carboxylic acids is 1. The number of carbonyl (C=O) groups is 1. The van der Waals surface area contributed by atoms with Crippen molar-refractivity contribution in [2.24, 2.45) is 5.73 Å². The molecule has 3 aromatic heterocycles. The zero-order valence-corrected chi connectivity index (χ0v) is 10.0. The van der Waals surface area contributed by atoms with E-state index in [1.807, 2.05) is 12.1 Å². The molecule has 90 valence electrons. The number of anilines is 1. The lowest BCUT2D eigenvalue weighted by atomic mass is 10.2. The predicted octanol–water partition coefficient (Wildman–Crippen LogP) is 2.24. The highest BCUT2D eigenvalue weighted by molar-refractivity contribution is 7.22. The van der Waals surface area contributed by atoms with E-state index in [0.717, 1.165) is 20.5 Å². The van der Waals surface area contributed by atoms with Crippen LogP contribution in [0.15, 0.2) is 35.3 Å². The summed E-state index contributed by atoms with van der Waals surface area (Å²) in [7, 11) is 0. The number of nitrogen functional groups attached to an aromatic ring is 1. The van der Waals surface area contributed by atoms with Crippen molar-refractivity contribution in [3.63, 3.8) is 0 Å². The number of rotatable bonds is 2. The van der Waals surface area contributed by atoms with Crippen molar-refractivity contribution in [2.45, 2.75) is 0 Å². The number of furan rings is 1. The van der Waals surface area contributed by atoms with Gasteiger partial charge in [-0.3, -0.25) is 4.79 Å². The minimum Gasteiger partial charge on any atom is -0.472 e. The van der Waals surface area contributed by atoms with Crippen LogP contribution in [-0.2, 0) is 0 Å². The second-order valence-corrected chi connectivity index (χ2v) is 4.84. The van der Waals surface area contributed by atoms with Gasteiger partial charge in [-0.1, -0.05) is 0 Å². The number of hydrogen-bond donors (Lipinski definition) is 2. The molecule has 0 fully saturated rings. The summed E-state index contributed by atoms with van der Waals surface area (Å²) in [6, 6.07) is 3.73. The largest absolute Gasteiger partial charge is 0.472 e. The van der Waals surface area contributed by atoms with Gasteiger partial charge in [-0.25, -0.2) is 4.98 Å². The molecule has 3 heterocycles. The molecule has 0 aliphatic carbocycles. The van der Waals surface area contributed by atoms with E-state index >= 15 is 0 Å². The van der Waals surface area contributed by atoms with E-state index in [4.69, 9.17) is 15.9 Å². The van der Waals surface area contributed by atoms with Crippen molar-refractivity contribution in [1.82, 2.24) is 4.98 Å². The molecule has 0 radical (unpaired) electrons. The smallest absolute Gasteiger partial charge is 0.251 e. The van der Waals surface area contributed by atoms with Crippen LogP contribution in [0.2, 0.25) is 0 Å². The maximum absolute atomic E-state index is 11.4. The summed E-state index contributed by atoms with van der Waals surface area (Å²) in [4.78, 5) is 16.3. The molecule has 0 bridgehead atoms. The number of fused-ring (bicyclic) bond motifs is 1. The van der Waals surface area contributed by atoms with Crippen molar-refractivity contribution in [3.05, 3.63) is 36.4 Å². The molecular formula is C12H9N3O2S. The Balaban J connectivity index is 2.31. The molecular weight excluding hydrogens is 250 g/mol. The highest BCUT2D eigenvalue weighted by Crippen LogP contribution is 2.37. The number of nitrogens with zero attached hydrogens (tertiary/aromatic N) is 1. The van der Waals surface area contributed by atoms with Crippen LogP contribution in [-0.4, -0.2) is 10.9 Å². The lowest BCUT2D eigenvalue weighted by Gasteiger charge is -1.99. The molecule has 5 nitrogen and oxygen atoms in total. The third kappa shape index (κ3) is 1.54. The van der Waals surface area contributed by atoms with E-state index in [1.54, 1.807) is 12.5 Å². The molecule has 0 aliphatic rings. The molecule has 18 heavy (non-hydrogen) atoms. The molecule has 0 aliphatic heterocycles. The van der Waals surface area contributed by atoms with Crippen LogP contribution in [0.4, 0.5) is 5.82 Å². The number of hydrogen-bond acceptors (Lipinski definition) is 5. The van der Waals surface area contributed by atoms with Crippen LogP contribution in [0, 0.1) is 0 Å². The van der Waals surface area contributed by atoms with Crippen LogP contribution < -0.4 is 11.5 Å². The molecule has 0 atom stereocenters. The molecule has 3 aromatic rings. The Morgan fingerprint density at radius 2 is 2.28 bits per heavy atom. The van der Waals surface area contributed by atoms with E-state index in [0.29, 0.717) is 11.4 Å². The van der Waals surface area contributed by atoms with Gasteiger partial charge in [0, 0.05) is 22.0 Å². The van der Waals surface area contributed by atoms with Gasteiger partial charge in [0.2, 0.25) is 0 Å². The quantitative estimate of drug-likeness (QED) is 0.737. The first-order valence-electron chi connectivity index (χ1n) is 5.17. The zero-order valence-electron chi connectivity index (χ0n) is 9.21. The van der Waals surface area contributed by atoms with E-state index < -0.39 is 5.91 Å². The summed E-state index contributed by atoms with van der Waals surface area (Å²) in [5.41, 5.74) is 12.5. The standard InChI is InChI=1S/C12H9N3O2S/c13-11-7-3-9(6-1-2-17-5-6)18-10(7)8(4-15-11)12(14)16/h1-5H,(H2,13,15)(H2,14,16). The molecule has 0 unspecified atom stereocenters. The molecule has 6 heteroatoms. The SMILES string of the molecule is NC(=O)c1cnc(N)c2cc(-c3ccoc3)sc12. The van der Waals surface area contributed by atoms with E-state index in [-0.39, 0.29) is 0 Å². The lowest BCUT2D eigenvalue weighted by molar-refractivity contribution is 0.100. The summed E-state index contributed by atoms with van der Waals surface area (Å²) in [5.74, 6) is -0.117. The van der Waals surface area contributed by atoms with Gasteiger partial charge in [-0.05, 0) is 12.1 Å². The Kier molecular flexibility index (Phi) is 2.31. The fourth-order valence-corrected chi connectivity index (χ4v) is 2.93. The monoisotopic (exact) mass is 259 g/mol. The fraction of sp³-hybridized carbons (Fsp3) is 0. The van der Waals surface area contributed by atoms with Gasteiger partial charge in [0.05, 0.1) is 22.8 Å². The molecule has 4 N–H and O–H groups in total. The third-order valence-corrected chi connectivity index (χ3v) is 3.87. The molecule has 0 saturated heterocycles. The van der Waals surface area contributed by atoms with Gasteiger partial charge in [0.15, 0.2) is 0 Å². The van der Waals surface area contributed by atoms with Gasteiger partial charge in [-0.2, -0.15) is 0 Å². The minimum atomic E-state index is -0.506. The molecule has 0 saturated carbocycles. The summed E-state index contributed by atoms with van der Waals surface area (Å²) in [6.45, 7) is 0. The van der Waals surface area contributed by atoms with Gasteiger partial charge < -0.3 is 15.9 Å². The Morgan fingerprint density at radius 3 is 2.94 bits per heavy atom. The fourth-order valence-electron chi connectivity index (χ4n) is 1.77. The first-order valence-corrected chi connectivity index (χ1v) is 5.99. The van der Waals surface area contributed by atoms with Gasteiger partial charge in [0.25, 0.3) is 5.91 Å². The molecule has 0 spiro atoms. The minimum absolute atomic E-state index is 0.388. The average molecular weight is 259 g/mol. The van der Waals surface area contributed by atoms with Crippen molar-refractivity contribution in [1.29, 1.82) is 0 Å². The average Bonchev–Trinajstić information content (AvgIpc) is 2.97. The third-order valence-electron chi connectivity index (χ3n) is 2.66. The van der Waals surface area contributed by atoms with E-state index in [9.17, 15) is 4.79 Å². The zero-order chi connectivity index (χ0) is 12.7. The Labute approximate surface area is 106 Å². The maximum Gasteiger partial charge on any atom is 0.251 e. The van der Waals surface area contributed by atoms with Crippen LogP contribution in [0.5, 0.6) is 0 Å². The second kappa shape index (κ2) is 3.85. The van der Waals surface area contributed by atoms with Crippen molar-refractivity contribution < 1.29 is 9.21 Å². The van der Waals surface area contributed by atoms with Gasteiger partial charge in [0.1, 0.15) is 5.82 Å². The number of thiophene rings is 1. The Bertz CT molecular complexity index is 731. The summed E-state index contributed by atoms with van der Waals surface area (Å²) >= 11 is 1.44.